The average molecular weight is 206 g/mol. The van der Waals surface area contributed by atoms with Crippen LogP contribution in [0.1, 0.15) is 18.9 Å². The first-order valence-corrected chi connectivity index (χ1v) is 5.53. The van der Waals surface area contributed by atoms with Crippen molar-refractivity contribution in [3.05, 3.63) is 35.9 Å². The Bertz CT molecular complexity index is 297. The van der Waals surface area contributed by atoms with Crippen molar-refractivity contribution in [2.24, 2.45) is 0 Å². The molecule has 0 N–H and O–H groups in total. The summed E-state index contributed by atoms with van der Waals surface area (Å²) in [7, 11) is 1.74. The predicted octanol–water partition coefficient (Wildman–Crippen LogP) is 2.42. The SMILES string of the molecule is COC(C)[C@@H]1O[C@H]1CCc1ccccc1. The van der Waals surface area contributed by atoms with E-state index in [9.17, 15) is 0 Å². The Morgan fingerprint density at radius 1 is 1.33 bits per heavy atom. The van der Waals surface area contributed by atoms with E-state index < -0.39 is 0 Å². The van der Waals surface area contributed by atoms with Gasteiger partial charge in [-0.3, -0.25) is 0 Å². The van der Waals surface area contributed by atoms with E-state index in [-0.39, 0.29) is 6.10 Å². The summed E-state index contributed by atoms with van der Waals surface area (Å²) in [6.07, 6.45) is 3.14. The molecule has 1 heterocycles. The summed E-state index contributed by atoms with van der Waals surface area (Å²) in [4.78, 5) is 0. The van der Waals surface area contributed by atoms with Gasteiger partial charge in [0.25, 0.3) is 0 Å². The lowest BCUT2D eigenvalue weighted by Crippen LogP contribution is -2.15. The number of benzene rings is 1. The van der Waals surface area contributed by atoms with Crippen LogP contribution < -0.4 is 0 Å². The molecule has 0 aliphatic carbocycles. The monoisotopic (exact) mass is 206 g/mol. The molecular weight excluding hydrogens is 188 g/mol. The van der Waals surface area contributed by atoms with Crippen LogP contribution >= 0.6 is 0 Å². The highest BCUT2D eigenvalue weighted by Gasteiger charge is 2.42. The van der Waals surface area contributed by atoms with Crippen molar-refractivity contribution in [3.63, 3.8) is 0 Å². The van der Waals surface area contributed by atoms with Crippen LogP contribution in [-0.4, -0.2) is 25.4 Å². The van der Waals surface area contributed by atoms with E-state index in [1.807, 2.05) is 6.07 Å². The first-order valence-electron chi connectivity index (χ1n) is 5.53. The second-order valence-electron chi connectivity index (χ2n) is 4.10. The van der Waals surface area contributed by atoms with Crippen molar-refractivity contribution >= 4 is 0 Å². The van der Waals surface area contributed by atoms with Crippen LogP contribution in [0.3, 0.4) is 0 Å². The van der Waals surface area contributed by atoms with Crippen molar-refractivity contribution in [1.82, 2.24) is 0 Å². The normalized spacial score (nSPS) is 26.3. The molecule has 1 aliphatic heterocycles. The molecule has 0 bridgehead atoms. The fraction of sp³-hybridized carbons (Fsp3) is 0.538. The second-order valence-corrected chi connectivity index (χ2v) is 4.10. The topological polar surface area (TPSA) is 21.8 Å². The lowest BCUT2D eigenvalue weighted by Gasteiger charge is -2.04. The number of aryl methyl sites for hydroxylation is 1. The number of methoxy groups -OCH3 is 1. The zero-order valence-corrected chi connectivity index (χ0v) is 9.35. The van der Waals surface area contributed by atoms with E-state index in [1.165, 1.54) is 5.56 Å². The summed E-state index contributed by atoms with van der Waals surface area (Å²) in [6.45, 7) is 2.06. The molecule has 0 aromatic heterocycles. The Morgan fingerprint density at radius 3 is 2.73 bits per heavy atom. The Balaban J connectivity index is 1.73. The molecule has 1 aliphatic rings. The van der Waals surface area contributed by atoms with Gasteiger partial charge in [0.1, 0.15) is 6.10 Å². The van der Waals surface area contributed by atoms with Crippen LogP contribution in [0.5, 0.6) is 0 Å². The zero-order chi connectivity index (χ0) is 10.7. The molecule has 0 saturated carbocycles. The molecule has 3 atom stereocenters. The molecule has 0 amide bonds. The molecule has 82 valence electrons. The van der Waals surface area contributed by atoms with E-state index in [2.05, 4.69) is 31.2 Å². The van der Waals surface area contributed by atoms with Crippen molar-refractivity contribution in [2.75, 3.05) is 7.11 Å². The van der Waals surface area contributed by atoms with Gasteiger partial charge in [-0.1, -0.05) is 30.3 Å². The molecule has 15 heavy (non-hydrogen) atoms. The fourth-order valence-corrected chi connectivity index (χ4v) is 1.89. The van der Waals surface area contributed by atoms with Crippen molar-refractivity contribution in [1.29, 1.82) is 0 Å². The minimum atomic E-state index is 0.228. The fourth-order valence-electron chi connectivity index (χ4n) is 1.89. The van der Waals surface area contributed by atoms with Gasteiger partial charge < -0.3 is 9.47 Å². The summed E-state index contributed by atoms with van der Waals surface area (Å²) < 4.78 is 10.8. The maximum absolute atomic E-state index is 5.57. The van der Waals surface area contributed by atoms with Gasteiger partial charge in [-0.15, -0.1) is 0 Å². The third kappa shape index (κ3) is 2.80. The van der Waals surface area contributed by atoms with E-state index in [0.29, 0.717) is 12.2 Å². The summed E-state index contributed by atoms with van der Waals surface area (Å²) in [5.41, 5.74) is 1.39. The Kier molecular flexibility index (Phi) is 3.39. The van der Waals surface area contributed by atoms with Crippen LogP contribution in [0.25, 0.3) is 0 Å². The number of ether oxygens (including phenoxy) is 2. The maximum atomic E-state index is 5.57. The molecule has 1 unspecified atom stereocenters. The van der Waals surface area contributed by atoms with Crippen LogP contribution in [0, 0.1) is 0 Å². The van der Waals surface area contributed by atoms with Crippen molar-refractivity contribution in [3.8, 4) is 0 Å². The first kappa shape index (κ1) is 10.7. The standard InChI is InChI=1S/C13H18O2/c1-10(14-2)13-12(15-13)9-8-11-6-4-3-5-7-11/h3-7,10,12-13H,8-9H2,1-2H3/t10?,12-,13-/m0/s1. The third-order valence-corrected chi connectivity index (χ3v) is 3.02. The second kappa shape index (κ2) is 4.77. The number of rotatable bonds is 5. The van der Waals surface area contributed by atoms with Crippen LogP contribution in [0.4, 0.5) is 0 Å². The summed E-state index contributed by atoms with van der Waals surface area (Å²) in [5.74, 6) is 0. The molecule has 1 aromatic carbocycles. The third-order valence-electron chi connectivity index (χ3n) is 3.02. The smallest absolute Gasteiger partial charge is 0.110 e. The van der Waals surface area contributed by atoms with E-state index >= 15 is 0 Å². The average Bonchev–Trinajstić information content (AvgIpc) is 3.06. The molecule has 0 radical (unpaired) electrons. The molecule has 1 fully saturated rings. The number of hydrogen-bond acceptors (Lipinski definition) is 2. The van der Waals surface area contributed by atoms with Gasteiger partial charge in [-0.2, -0.15) is 0 Å². The van der Waals surface area contributed by atoms with Gasteiger partial charge in [0.05, 0.1) is 12.2 Å². The quantitative estimate of drug-likeness (QED) is 0.690. The van der Waals surface area contributed by atoms with Gasteiger partial charge in [0.2, 0.25) is 0 Å². The molecule has 1 saturated heterocycles. The first-order chi connectivity index (χ1) is 7.31. The maximum Gasteiger partial charge on any atom is 0.110 e. The van der Waals surface area contributed by atoms with Crippen molar-refractivity contribution < 1.29 is 9.47 Å². The van der Waals surface area contributed by atoms with Crippen LogP contribution in [-0.2, 0) is 15.9 Å². The Morgan fingerprint density at radius 2 is 2.07 bits per heavy atom. The molecule has 1 aromatic rings. The predicted molar refractivity (Wildman–Crippen MR) is 59.9 cm³/mol. The highest BCUT2D eigenvalue weighted by molar-refractivity contribution is 5.15. The lowest BCUT2D eigenvalue weighted by atomic mass is 10.1. The summed E-state index contributed by atoms with van der Waals surface area (Å²) >= 11 is 0. The van der Waals surface area contributed by atoms with E-state index in [1.54, 1.807) is 7.11 Å². The van der Waals surface area contributed by atoms with Gasteiger partial charge in [0, 0.05) is 7.11 Å². The zero-order valence-electron chi connectivity index (χ0n) is 9.35. The highest BCUT2D eigenvalue weighted by Crippen LogP contribution is 2.30. The minimum Gasteiger partial charge on any atom is -0.379 e. The van der Waals surface area contributed by atoms with E-state index in [4.69, 9.17) is 9.47 Å². The van der Waals surface area contributed by atoms with Gasteiger partial charge in [-0.25, -0.2) is 0 Å². The Hall–Kier alpha value is -0.860. The summed E-state index contributed by atoms with van der Waals surface area (Å²) in [5, 5.41) is 0. The molecule has 2 nitrogen and oxygen atoms in total. The highest BCUT2D eigenvalue weighted by atomic mass is 16.6. The van der Waals surface area contributed by atoms with E-state index in [0.717, 1.165) is 12.8 Å². The van der Waals surface area contributed by atoms with Gasteiger partial charge in [-0.05, 0) is 25.3 Å². The molecule has 0 spiro atoms. The van der Waals surface area contributed by atoms with Crippen molar-refractivity contribution in [2.45, 2.75) is 38.1 Å². The molecular formula is C13H18O2. The molecule has 2 rings (SSSR count). The number of hydrogen-bond donors (Lipinski definition) is 0. The largest absolute Gasteiger partial charge is 0.379 e. The van der Waals surface area contributed by atoms with Crippen LogP contribution in [0.15, 0.2) is 30.3 Å². The summed E-state index contributed by atoms with van der Waals surface area (Å²) in [6, 6.07) is 10.5. The lowest BCUT2D eigenvalue weighted by molar-refractivity contribution is 0.0909. The number of epoxide rings is 1. The van der Waals surface area contributed by atoms with Crippen LogP contribution in [0.2, 0.25) is 0 Å². The van der Waals surface area contributed by atoms with Gasteiger partial charge in [0.15, 0.2) is 0 Å². The van der Waals surface area contributed by atoms with Gasteiger partial charge >= 0.3 is 0 Å². The Labute approximate surface area is 91.2 Å². The molecule has 2 heteroatoms. The minimum absolute atomic E-state index is 0.228.